The summed E-state index contributed by atoms with van der Waals surface area (Å²) in [6, 6.07) is 0. The van der Waals surface area contributed by atoms with E-state index in [1.807, 2.05) is 0 Å². The monoisotopic (exact) mass is 577 g/mol. The minimum atomic E-state index is 0.249. The van der Waals surface area contributed by atoms with E-state index in [2.05, 4.69) is 47.8 Å². The lowest BCUT2D eigenvalue weighted by Gasteiger charge is -2.23. The van der Waals surface area contributed by atoms with Gasteiger partial charge in [0.25, 0.3) is 0 Å². The second-order valence-electron chi connectivity index (χ2n) is 13.3. The first-order valence-corrected chi connectivity index (χ1v) is 18.6. The summed E-state index contributed by atoms with van der Waals surface area (Å²) >= 11 is 0. The SMILES string of the molecule is C=C(CC(C)C(=C)OCC(CCCCCC)CCCCCCCC)OCC(CCCCCC)CCCCCCCC. The van der Waals surface area contributed by atoms with Crippen molar-refractivity contribution >= 4 is 0 Å². The van der Waals surface area contributed by atoms with Crippen LogP contribution in [0.3, 0.4) is 0 Å². The summed E-state index contributed by atoms with van der Waals surface area (Å²) in [5, 5.41) is 0. The summed E-state index contributed by atoms with van der Waals surface area (Å²) in [6.45, 7) is 21.7. The van der Waals surface area contributed by atoms with Crippen LogP contribution in [0.5, 0.6) is 0 Å². The Morgan fingerprint density at radius 3 is 1.17 bits per heavy atom. The van der Waals surface area contributed by atoms with E-state index in [9.17, 15) is 0 Å². The van der Waals surface area contributed by atoms with Crippen molar-refractivity contribution in [3.63, 3.8) is 0 Å². The van der Waals surface area contributed by atoms with Crippen molar-refractivity contribution in [2.45, 2.75) is 195 Å². The lowest BCUT2D eigenvalue weighted by Crippen LogP contribution is -2.14. The van der Waals surface area contributed by atoms with E-state index in [1.165, 1.54) is 154 Å². The van der Waals surface area contributed by atoms with Crippen LogP contribution in [-0.2, 0) is 9.47 Å². The van der Waals surface area contributed by atoms with Gasteiger partial charge in [-0.3, -0.25) is 0 Å². The third-order valence-corrected chi connectivity index (χ3v) is 8.97. The molecule has 0 aliphatic carbocycles. The molecule has 0 radical (unpaired) electrons. The van der Waals surface area contributed by atoms with E-state index < -0.39 is 0 Å². The van der Waals surface area contributed by atoms with Gasteiger partial charge in [0.15, 0.2) is 0 Å². The Kier molecular flexibility index (Phi) is 29.8. The summed E-state index contributed by atoms with van der Waals surface area (Å²) in [6.07, 6.45) is 33.1. The zero-order chi connectivity index (χ0) is 30.4. The zero-order valence-electron chi connectivity index (χ0n) is 29.1. The predicted molar refractivity (Wildman–Crippen MR) is 184 cm³/mol. The molecule has 0 bridgehead atoms. The van der Waals surface area contributed by atoms with Gasteiger partial charge in [-0.25, -0.2) is 0 Å². The summed E-state index contributed by atoms with van der Waals surface area (Å²) in [4.78, 5) is 0. The second-order valence-corrected chi connectivity index (χ2v) is 13.3. The lowest BCUT2D eigenvalue weighted by atomic mass is 9.94. The fourth-order valence-electron chi connectivity index (χ4n) is 5.89. The molecule has 0 aromatic carbocycles. The molecule has 0 N–H and O–H groups in total. The van der Waals surface area contributed by atoms with Crippen molar-refractivity contribution in [3.8, 4) is 0 Å². The van der Waals surface area contributed by atoms with Gasteiger partial charge >= 0.3 is 0 Å². The molecule has 0 fully saturated rings. The summed E-state index contributed by atoms with van der Waals surface area (Å²) < 4.78 is 12.6. The molecule has 0 aromatic rings. The molecule has 3 unspecified atom stereocenters. The Hall–Kier alpha value is -0.920. The minimum Gasteiger partial charge on any atom is -0.498 e. The average Bonchev–Trinajstić information content (AvgIpc) is 2.97. The molecular weight excluding hydrogens is 500 g/mol. The largest absolute Gasteiger partial charge is 0.498 e. The number of allylic oxidation sites excluding steroid dienone is 2. The molecule has 41 heavy (non-hydrogen) atoms. The molecule has 2 nitrogen and oxygen atoms in total. The minimum absolute atomic E-state index is 0.249. The Morgan fingerprint density at radius 1 is 0.463 bits per heavy atom. The lowest BCUT2D eigenvalue weighted by molar-refractivity contribution is 0.115. The molecule has 0 heterocycles. The first-order valence-electron chi connectivity index (χ1n) is 18.6. The molecule has 0 amide bonds. The van der Waals surface area contributed by atoms with Crippen LogP contribution >= 0.6 is 0 Å². The van der Waals surface area contributed by atoms with Crippen molar-refractivity contribution in [2.75, 3.05) is 13.2 Å². The number of rotatable bonds is 33. The first kappa shape index (κ1) is 40.1. The molecule has 0 rings (SSSR count). The fraction of sp³-hybridized carbons (Fsp3) is 0.897. The van der Waals surface area contributed by atoms with Crippen LogP contribution < -0.4 is 0 Å². The van der Waals surface area contributed by atoms with Crippen LogP contribution in [0.4, 0.5) is 0 Å². The molecular formula is C39H76O2. The first-order chi connectivity index (χ1) is 20.0. The van der Waals surface area contributed by atoms with Crippen molar-refractivity contribution in [2.24, 2.45) is 17.8 Å². The van der Waals surface area contributed by atoms with Crippen LogP contribution in [0, 0.1) is 17.8 Å². The molecule has 0 aliphatic rings. The van der Waals surface area contributed by atoms with Gasteiger partial charge in [0, 0.05) is 12.3 Å². The van der Waals surface area contributed by atoms with Crippen LogP contribution in [0.25, 0.3) is 0 Å². The van der Waals surface area contributed by atoms with E-state index >= 15 is 0 Å². The van der Waals surface area contributed by atoms with Gasteiger partial charge in [-0.2, -0.15) is 0 Å². The Labute approximate surface area is 259 Å². The van der Waals surface area contributed by atoms with Crippen LogP contribution in [-0.4, -0.2) is 13.2 Å². The van der Waals surface area contributed by atoms with E-state index in [-0.39, 0.29) is 5.92 Å². The Morgan fingerprint density at radius 2 is 0.780 bits per heavy atom. The van der Waals surface area contributed by atoms with Crippen molar-refractivity contribution in [1.82, 2.24) is 0 Å². The number of hydrogen-bond acceptors (Lipinski definition) is 2. The molecule has 2 heteroatoms. The molecule has 0 saturated heterocycles. The Balaban J connectivity index is 4.52. The highest BCUT2D eigenvalue weighted by Gasteiger charge is 2.16. The van der Waals surface area contributed by atoms with E-state index in [1.54, 1.807) is 0 Å². The maximum absolute atomic E-state index is 6.32. The van der Waals surface area contributed by atoms with Gasteiger partial charge in [-0.1, -0.05) is 176 Å². The normalized spacial score (nSPS) is 13.6. The quantitative estimate of drug-likeness (QED) is 0.0571. The number of ether oxygens (including phenoxy) is 2. The Bertz CT molecular complexity index is 568. The average molecular weight is 577 g/mol. The van der Waals surface area contributed by atoms with Gasteiger partial charge in [-0.05, 0) is 37.5 Å². The van der Waals surface area contributed by atoms with E-state index in [0.717, 1.165) is 31.2 Å². The van der Waals surface area contributed by atoms with Gasteiger partial charge < -0.3 is 9.47 Å². The van der Waals surface area contributed by atoms with Gasteiger partial charge in [0.05, 0.1) is 24.7 Å². The molecule has 3 atom stereocenters. The smallest absolute Gasteiger partial charge is 0.0920 e. The standard InChI is InChI=1S/C39H76O2/c1-8-12-16-20-22-26-30-38(28-24-18-14-10-3)33-40-36(6)32-35(5)37(7)41-34-39(29-25-19-15-11-4)31-27-23-21-17-13-9-2/h35,38-39H,6-34H2,1-5H3. The van der Waals surface area contributed by atoms with Crippen molar-refractivity contribution < 1.29 is 9.47 Å². The molecule has 0 spiro atoms. The zero-order valence-corrected chi connectivity index (χ0v) is 29.1. The third-order valence-electron chi connectivity index (χ3n) is 8.97. The molecule has 0 aliphatic heterocycles. The maximum Gasteiger partial charge on any atom is 0.0920 e. The summed E-state index contributed by atoms with van der Waals surface area (Å²) in [7, 11) is 0. The molecule has 0 saturated carbocycles. The summed E-state index contributed by atoms with van der Waals surface area (Å²) in [5.74, 6) is 3.40. The number of unbranched alkanes of at least 4 members (excludes halogenated alkanes) is 16. The summed E-state index contributed by atoms with van der Waals surface area (Å²) in [5.41, 5.74) is 0. The van der Waals surface area contributed by atoms with Crippen molar-refractivity contribution in [1.29, 1.82) is 0 Å². The topological polar surface area (TPSA) is 18.5 Å². The fourth-order valence-corrected chi connectivity index (χ4v) is 5.89. The van der Waals surface area contributed by atoms with E-state index in [0.29, 0.717) is 11.8 Å². The van der Waals surface area contributed by atoms with Crippen molar-refractivity contribution in [3.05, 3.63) is 24.7 Å². The predicted octanol–water partition coefficient (Wildman–Crippen LogP) is 13.7. The third kappa shape index (κ3) is 26.4. The van der Waals surface area contributed by atoms with Crippen LogP contribution in [0.15, 0.2) is 24.7 Å². The highest BCUT2D eigenvalue weighted by Crippen LogP contribution is 2.25. The number of hydrogen-bond donors (Lipinski definition) is 0. The van der Waals surface area contributed by atoms with Gasteiger partial charge in [-0.15, -0.1) is 0 Å². The highest BCUT2D eigenvalue weighted by molar-refractivity contribution is 4.97. The second kappa shape index (κ2) is 30.5. The van der Waals surface area contributed by atoms with E-state index in [4.69, 9.17) is 9.47 Å². The van der Waals surface area contributed by atoms with Gasteiger partial charge in [0.1, 0.15) is 0 Å². The van der Waals surface area contributed by atoms with Crippen LogP contribution in [0.2, 0.25) is 0 Å². The maximum atomic E-state index is 6.32. The highest BCUT2D eigenvalue weighted by atomic mass is 16.5. The molecule has 0 aromatic heterocycles. The van der Waals surface area contributed by atoms with Crippen LogP contribution in [0.1, 0.15) is 195 Å². The molecule has 244 valence electrons. The van der Waals surface area contributed by atoms with Gasteiger partial charge in [0.2, 0.25) is 0 Å².